The average molecular weight is 393 g/mol. The molecule has 1 aliphatic heterocycles. The van der Waals surface area contributed by atoms with E-state index in [2.05, 4.69) is 15.3 Å². The molecule has 0 aromatic carbocycles. The van der Waals surface area contributed by atoms with Crippen molar-refractivity contribution in [2.24, 2.45) is 0 Å². The fourth-order valence-electron chi connectivity index (χ4n) is 3.27. The van der Waals surface area contributed by atoms with E-state index in [1.165, 1.54) is 0 Å². The molecule has 8 nitrogen and oxygen atoms in total. The molecule has 0 unspecified atom stereocenters. The standard InChI is InChI=1S/C18H25ClN6O2/c1-11-14(13-9-15(19)22-23-16(13)20)10-21-25(11)12-5-7-24(8-6-12)17(26)27-18(2,3)4/h9-10,12H,5-8H2,1-4H3,(H2,20,23). The average Bonchev–Trinajstić information content (AvgIpc) is 2.97. The first-order valence-corrected chi connectivity index (χ1v) is 9.34. The summed E-state index contributed by atoms with van der Waals surface area (Å²) in [6.07, 6.45) is 3.14. The molecule has 0 aliphatic carbocycles. The molecule has 0 atom stereocenters. The van der Waals surface area contributed by atoms with Crippen LogP contribution in [0.25, 0.3) is 11.1 Å². The van der Waals surface area contributed by atoms with E-state index >= 15 is 0 Å². The minimum Gasteiger partial charge on any atom is -0.444 e. The Hall–Kier alpha value is -2.35. The highest BCUT2D eigenvalue weighted by molar-refractivity contribution is 6.29. The summed E-state index contributed by atoms with van der Waals surface area (Å²) >= 11 is 5.96. The van der Waals surface area contributed by atoms with Crippen LogP contribution in [0.4, 0.5) is 10.6 Å². The van der Waals surface area contributed by atoms with Crippen molar-refractivity contribution in [3.05, 3.63) is 23.1 Å². The summed E-state index contributed by atoms with van der Waals surface area (Å²) in [5.41, 5.74) is 8.07. The van der Waals surface area contributed by atoms with Crippen LogP contribution in [-0.2, 0) is 4.74 Å². The first-order valence-electron chi connectivity index (χ1n) is 8.97. The van der Waals surface area contributed by atoms with Gasteiger partial charge in [0.05, 0.1) is 12.2 Å². The number of ether oxygens (including phenoxy) is 1. The molecule has 3 heterocycles. The maximum Gasteiger partial charge on any atom is 0.410 e. The van der Waals surface area contributed by atoms with E-state index in [1.54, 1.807) is 17.2 Å². The van der Waals surface area contributed by atoms with Crippen molar-refractivity contribution in [3.8, 4) is 11.1 Å². The van der Waals surface area contributed by atoms with Gasteiger partial charge in [-0.2, -0.15) is 5.10 Å². The van der Waals surface area contributed by atoms with Gasteiger partial charge in [-0.25, -0.2) is 4.79 Å². The van der Waals surface area contributed by atoms with Gasteiger partial charge in [0.1, 0.15) is 5.60 Å². The Balaban J connectivity index is 1.72. The summed E-state index contributed by atoms with van der Waals surface area (Å²) in [4.78, 5) is 14.0. The lowest BCUT2D eigenvalue weighted by atomic mass is 10.0. The highest BCUT2D eigenvalue weighted by Crippen LogP contribution is 2.32. The van der Waals surface area contributed by atoms with E-state index in [0.29, 0.717) is 18.9 Å². The number of halogens is 1. The monoisotopic (exact) mass is 392 g/mol. The van der Waals surface area contributed by atoms with Crippen LogP contribution in [0.1, 0.15) is 45.3 Å². The fraction of sp³-hybridized carbons (Fsp3) is 0.556. The van der Waals surface area contributed by atoms with Gasteiger partial charge in [-0.05, 0) is 46.6 Å². The molecule has 1 fully saturated rings. The van der Waals surface area contributed by atoms with Crippen LogP contribution in [-0.4, -0.2) is 49.7 Å². The molecule has 0 saturated carbocycles. The van der Waals surface area contributed by atoms with Crippen LogP contribution in [0.15, 0.2) is 12.3 Å². The molecule has 1 aliphatic rings. The number of anilines is 1. The number of rotatable bonds is 2. The van der Waals surface area contributed by atoms with Gasteiger partial charge in [-0.15, -0.1) is 10.2 Å². The number of amides is 1. The lowest BCUT2D eigenvalue weighted by Crippen LogP contribution is -2.42. The van der Waals surface area contributed by atoms with Crippen LogP contribution in [0, 0.1) is 6.92 Å². The number of carbonyl (C=O) groups is 1. The van der Waals surface area contributed by atoms with Gasteiger partial charge in [0.15, 0.2) is 11.0 Å². The summed E-state index contributed by atoms with van der Waals surface area (Å²) in [5, 5.41) is 12.5. The Morgan fingerprint density at radius 1 is 1.26 bits per heavy atom. The van der Waals surface area contributed by atoms with E-state index in [4.69, 9.17) is 22.1 Å². The van der Waals surface area contributed by atoms with Crippen molar-refractivity contribution in [1.82, 2.24) is 24.9 Å². The number of aromatic nitrogens is 4. The SMILES string of the molecule is Cc1c(-c2cc(Cl)nnc2N)cnn1C1CCN(C(=O)OC(C)(C)C)CC1. The van der Waals surface area contributed by atoms with Crippen molar-refractivity contribution in [3.63, 3.8) is 0 Å². The van der Waals surface area contributed by atoms with Crippen LogP contribution in [0.3, 0.4) is 0 Å². The Kier molecular flexibility index (Phi) is 5.28. The summed E-state index contributed by atoms with van der Waals surface area (Å²) in [5.74, 6) is 0.321. The minimum absolute atomic E-state index is 0.212. The summed E-state index contributed by atoms with van der Waals surface area (Å²) in [7, 11) is 0. The first-order chi connectivity index (χ1) is 12.7. The molecule has 1 saturated heterocycles. The van der Waals surface area contributed by atoms with Gasteiger partial charge >= 0.3 is 6.09 Å². The summed E-state index contributed by atoms with van der Waals surface area (Å²) in [6, 6.07) is 1.91. The maximum absolute atomic E-state index is 12.2. The van der Waals surface area contributed by atoms with Crippen LogP contribution in [0.2, 0.25) is 5.15 Å². The number of likely N-dealkylation sites (tertiary alicyclic amines) is 1. The number of carbonyl (C=O) groups excluding carboxylic acids is 1. The smallest absolute Gasteiger partial charge is 0.410 e. The van der Waals surface area contributed by atoms with Crippen molar-refractivity contribution < 1.29 is 9.53 Å². The fourth-order valence-corrected chi connectivity index (χ4v) is 3.42. The molecule has 2 aromatic heterocycles. The van der Waals surface area contributed by atoms with Crippen molar-refractivity contribution in [2.45, 2.75) is 52.2 Å². The second-order valence-electron chi connectivity index (χ2n) is 7.75. The third kappa shape index (κ3) is 4.32. The highest BCUT2D eigenvalue weighted by atomic mass is 35.5. The number of nitrogen functional groups attached to an aromatic ring is 1. The summed E-state index contributed by atoms with van der Waals surface area (Å²) < 4.78 is 7.45. The molecule has 27 heavy (non-hydrogen) atoms. The lowest BCUT2D eigenvalue weighted by Gasteiger charge is -2.33. The van der Waals surface area contributed by atoms with Crippen molar-refractivity contribution in [2.75, 3.05) is 18.8 Å². The van der Waals surface area contributed by atoms with Gasteiger partial charge in [-0.1, -0.05) is 11.6 Å². The Bertz CT molecular complexity index is 837. The topological polar surface area (TPSA) is 99.2 Å². The van der Waals surface area contributed by atoms with Gasteiger partial charge in [0.25, 0.3) is 0 Å². The number of nitrogens with two attached hydrogens (primary N) is 1. The lowest BCUT2D eigenvalue weighted by molar-refractivity contribution is 0.0184. The van der Waals surface area contributed by atoms with Crippen LogP contribution in [0.5, 0.6) is 0 Å². The van der Waals surface area contributed by atoms with Gasteiger partial charge < -0.3 is 15.4 Å². The van der Waals surface area contributed by atoms with Crippen LogP contribution < -0.4 is 5.73 Å². The van der Waals surface area contributed by atoms with E-state index in [0.717, 1.165) is 29.7 Å². The zero-order chi connectivity index (χ0) is 19.8. The Morgan fingerprint density at radius 3 is 2.56 bits per heavy atom. The van der Waals surface area contributed by atoms with E-state index in [9.17, 15) is 4.79 Å². The molecule has 1 amide bonds. The number of hydrogen-bond acceptors (Lipinski definition) is 6. The van der Waals surface area contributed by atoms with E-state index in [1.807, 2.05) is 32.4 Å². The summed E-state index contributed by atoms with van der Waals surface area (Å²) in [6.45, 7) is 8.89. The third-order valence-corrected chi connectivity index (χ3v) is 4.77. The first kappa shape index (κ1) is 19.4. The minimum atomic E-state index is -0.485. The van der Waals surface area contributed by atoms with E-state index < -0.39 is 5.60 Å². The molecule has 0 spiro atoms. The Labute approximate surface area is 163 Å². The zero-order valence-corrected chi connectivity index (χ0v) is 16.8. The molecule has 2 N–H and O–H groups in total. The number of hydrogen-bond donors (Lipinski definition) is 1. The van der Waals surface area contributed by atoms with Gasteiger partial charge in [0, 0.05) is 29.9 Å². The molecule has 9 heteroatoms. The second-order valence-corrected chi connectivity index (χ2v) is 8.14. The van der Waals surface area contributed by atoms with Crippen LogP contribution >= 0.6 is 11.6 Å². The predicted molar refractivity (Wildman–Crippen MR) is 103 cm³/mol. The zero-order valence-electron chi connectivity index (χ0n) is 16.1. The van der Waals surface area contributed by atoms with E-state index in [-0.39, 0.29) is 17.3 Å². The molecule has 3 rings (SSSR count). The maximum atomic E-state index is 12.2. The highest BCUT2D eigenvalue weighted by Gasteiger charge is 2.29. The molecule has 146 valence electrons. The van der Waals surface area contributed by atoms with Crippen molar-refractivity contribution >= 4 is 23.5 Å². The van der Waals surface area contributed by atoms with Gasteiger partial charge in [-0.3, -0.25) is 4.68 Å². The quantitative estimate of drug-likeness (QED) is 0.840. The number of piperidine rings is 1. The second kappa shape index (κ2) is 7.34. The van der Waals surface area contributed by atoms with Gasteiger partial charge in [0.2, 0.25) is 0 Å². The largest absolute Gasteiger partial charge is 0.444 e. The van der Waals surface area contributed by atoms with Crippen molar-refractivity contribution in [1.29, 1.82) is 0 Å². The predicted octanol–water partition coefficient (Wildman–Crippen LogP) is 3.46. The third-order valence-electron chi connectivity index (χ3n) is 4.59. The molecular formula is C18H25ClN6O2. The molecule has 2 aromatic rings. The Morgan fingerprint density at radius 2 is 1.93 bits per heavy atom. The number of nitrogens with zero attached hydrogens (tertiary/aromatic N) is 5. The molecule has 0 radical (unpaired) electrons. The molecular weight excluding hydrogens is 368 g/mol. The normalized spacial score (nSPS) is 15.8. The molecule has 0 bridgehead atoms.